The summed E-state index contributed by atoms with van der Waals surface area (Å²) in [4.78, 5) is 2.30. The van der Waals surface area contributed by atoms with Crippen LogP contribution in [0.2, 0.25) is 0 Å². The second-order valence-electron chi connectivity index (χ2n) is 3.67. The van der Waals surface area contributed by atoms with Crippen LogP contribution in [0.3, 0.4) is 0 Å². The molecule has 1 saturated heterocycles. The SMILES string of the molecule is Cc1cc(F)ccc1N1CCNCC1.Cl.Cl. The molecule has 0 atom stereocenters. The number of hydrogen-bond acceptors (Lipinski definition) is 2. The maximum Gasteiger partial charge on any atom is 0.123 e. The minimum absolute atomic E-state index is 0. The summed E-state index contributed by atoms with van der Waals surface area (Å²) in [5.41, 5.74) is 2.18. The molecule has 0 aliphatic carbocycles. The fourth-order valence-corrected chi connectivity index (χ4v) is 1.88. The van der Waals surface area contributed by atoms with Crippen LogP contribution in [0, 0.1) is 12.7 Å². The average Bonchev–Trinajstić information content (AvgIpc) is 2.19. The molecule has 0 radical (unpaired) electrons. The molecule has 1 heterocycles. The molecule has 1 aliphatic heterocycles. The maximum absolute atomic E-state index is 12.9. The van der Waals surface area contributed by atoms with Crippen LogP contribution in [0.15, 0.2) is 18.2 Å². The fraction of sp³-hybridized carbons (Fsp3) is 0.455. The van der Waals surface area contributed by atoms with E-state index in [-0.39, 0.29) is 30.6 Å². The van der Waals surface area contributed by atoms with Gasteiger partial charge in [-0.3, -0.25) is 0 Å². The Kier molecular flexibility index (Phi) is 6.72. The van der Waals surface area contributed by atoms with Crippen molar-refractivity contribution in [2.45, 2.75) is 6.92 Å². The van der Waals surface area contributed by atoms with Crippen molar-refractivity contribution in [1.29, 1.82) is 0 Å². The molecule has 2 nitrogen and oxygen atoms in total. The van der Waals surface area contributed by atoms with Gasteiger partial charge in [-0.15, -0.1) is 24.8 Å². The first-order chi connectivity index (χ1) is 6.77. The van der Waals surface area contributed by atoms with Crippen LogP contribution in [-0.2, 0) is 0 Å². The topological polar surface area (TPSA) is 15.3 Å². The molecule has 1 aliphatic rings. The van der Waals surface area contributed by atoms with E-state index in [1.54, 1.807) is 6.07 Å². The van der Waals surface area contributed by atoms with E-state index in [9.17, 15) is 4.39 Å². The number of nitrogens with zero attached hydrogens (tertiary/aromatic N) is 1. The summed E-state index contributed by atoms with van der Waals surface area (Å²) in [6.07, 6.45) is 0. The molecule has 2 rings (SSSR count). The van der Waals surface area contributed by atoms with E-state index in [2.05, 4.69) is 10.2 Å². The highest BCUT2D eigenvalue weighted by molar-refractivity contribution is 5.85. The van der Waals surface area contributed by atoms with Crippen molar-refractivity contribution in [3.63, 3.8) is 0 Å². The van der Waals surface area contributed by atoms with Crippen molar-refractivity contribution < 1.29 is 4.39 Å². The van der Waals surface area contributed by atoms with E-state index in [4.69, 9.17) is 0 Å². The van der Waals surface area contributed by atoms with Crippen LogP contribution >= 0.6 is 24.8 Å². The first kappa shape index (κ1) is 15.5. The average molecular weight is 267 g/mol. The summed E-state index contributed by atoms with van der Waals surface area (Å²) in [6.45, 7) is 5.99. The van der Waals surface area contributed by atoms with Gasteiger partial charge >= 0.3 is 0 Å². The van der Waals surface area contributed by atoms with Crippen LogP contribution in [0.4, 0.5) is 10.1 Å². The molecular weight excluding hydrogens is 250 g/mol. The molecule has 0 amide bonds. The zero-order valence-electron chi connectivity index (χ0n) is 9.20. The summed E-state index contributed by atoms with van der Waals surface area (Å²) < 4.78 is 12.9. The third-order valence-electron chi connectivity index (χ3n) is 2.62. The predicted octanol–water partition coefficient (Wildman–Crippen LogP) is 2.39. The molecule has 1 fully saturated rings. The maximum atomic E-state index is 12.9. The van der Waals surface area contributed by atoms with Gasteiger partial charge in [0.15, 0.2) is 0 Å². The quantitative estimate of drug-likeness (QED) is 0.840. The number of anilines is 1. The Morgan fingerprint density at radius 2 is 1.81 bits per heavy atom. The van der Waals surface area contributed by atoms with E-state index in [1.165, 1.54) is 6.07 Å². The Labute approximate surface area is 108 Å². The molecule has 5 heteroatoms. The van der Waals surface area contributed by atoms with Crippen molar-refractivity contribution >= 4 is 30.5 Å². The molecule has 16 heavy (non-hydrogen) atoms. The normalized spacial score (nSPS) is 15.0. The van der Waals surface area contributed by atoms with Crippen LogP contribution in [0.25, 0.3) is 0 Å². The van der Waals surface area contributed by atoms with Gasteiger partial charge in [-0.1, -0.05) is 0 Å². The van der Waals surface area contributed by atoms with Gasteiger partial charge in [0.1, 0.15) is 5.82 Å². The van der Waals surface area contributed by atoms with Gasteiger partial charge in [0.2, 0.25) is 0 Å². The molecule has 1 aromatic carbocycles. The molecular formula is C11H17Cl2FN2. The molecule has 0 bridgehead atoms. The van der Waals surface area contributed by atoms with E-state index >= 15 is 0 Å². The van der Waals surface area contributed by atoms with Crippen molar-refractivity contribution in [3.05, 3.63) is 29.6 Å². The molecule has 1 aromatic rings. The molecule has 0 aromatic heterocycles. The molecule has 0 unspecified atom stereocenters. The Hall–Kier alpha value is -0.510. The van der Waals surface area contributed by atoms with E-state index < -0.39 is 0 Å². The van der Waals surface area contributed by atoms with Crippen LogP contribution < -0.4 is 10.2 Å². The summed E-state index contributed by atoms with van der Waals surface area (Å²) in [6, 6.07) is 5.00. The monoisotopic (exact) mass is 266 g/mol. The molecule has 0 spiro atoms. The third-order valence-corrected chi connectivity index (χ3v) is 2.62. The van der Waals surface area contributed by atoms with E-state index in [0.29, 0.717) is 0 Å². The van der Waals surface area contributed by atoms with Crippen LogP contribution in [0.1, 0.15) is 5.56 Å². The standard InChI is InChI=1S/C11H15FN2.2ClH/c1-9-8-10(12)2-3-11(9)14-6-4-13-5-7-14;;/h2-3,8,13H,4-7H2,1H3;2*1H. The Bertz CT molecular complexity index is 328. The largest absolute Gasteiger partial charge is 0.369 e. The number of rotatable bonds is 1. The predicted molar refractivity (Wildman–Crippen MR) is 70.7 cm³/mol. The first-order valence-corrected chi connectivity index (χ1v) is 4.99. The van der Waals surface area contributed by atoms with Gasteiger partial charge in [-0.05, 0) is 30.7 Å². The van der Waals surface area contributed by atoms with Gasteiger partial charge in [-0.25, -0.2) is 4.39 Å². The third kappa shape index (κ3) is 3.51. The van der Waals surface area contributed by atoms with Gasteiger partial charge in [0.25, 0.3) is 0 Å². The fourth-order valence-electron chi connectivity index (χ4n) is 1.88. The van der Waals surface area contributed by atoms with Gasteiger partial charge in [-0.2, -0.15) is 0 Å². The Morgan fingerprint density at radius 3 is 2.38 bits per heavy atom. The minimum atomic E-state index is -0.151. The lowest BCUT2D eigenvalue weighted by Crippen LogP contribution is -2.43. The van der Waals surface area contributed by atoms with Gasteiger partial charge in [0.05, 0.1) is 0 Å². The lowest BCUT2D eigenvalue weighted by atomic mass is 10.1. The smallest absolute Gasteiger partial charge is 0.123 e. The first-order valence-electron chi connectivity index (χ1n) is 4.99. The number of halogens is 3. The van der Waals surface area contributed by atoms with Crippen LogP contribution in [0.5, 0.6) is 0 Å². The van der Waals surface area contributed by atoms with Gasteiger partial charge in [0, 0.05) is 31.9 Å². The van der Waals surface area contributed by atoms with Crippen molar-refractivity contribution in [2.75, 3.05) is 31.1 Å². The van der Waals surface area contributed by atoms with Crippen molar-refractivity contribution in [3.8, 4) is 0 Å². The highest BCUT2D eigenvalue weighted by Gasteiger charge is 2.12. The number of benzene rings is 1. The van der Waals surface area contributed by atoms with Gasteiger partial charge < -0.3 is 10.2 Å². The Morgan fingerprint density at radius 1 is 1.19 bits per heavy atom. The van der Waals surface area contributed by atoms with E-state index in [1.807, 2.05) is 13.0 Å². The number of nitrogens with one attached hydrogen (secondary N) is 1. The lowest BCUT2D eigenvalue weighted by Gasteiger charge is -2.30. The summed E-state index contributed by atoms with van der Waals surface area (Å²) in [5, 5.41) is 3.30. The zero-order chi connectivity index (χ0) is 9.97. The number of piperazine rings is 1. The van der Waals surface area contributed by atoms with Crippen LogP contribution in [-0.4, -0.2) is 26.2 Å². The highest BCUT2D eigenvalue weighted by atomic mass is 35.5. The lowest BCUT2D eigenvalue weighted by molar-refractivity contribution is 0.586. The molecule has 1 N–H and O–H groups in total. The Balaban J connectivity index is 0.00000112. The number of hydrogen-bond donors (Lipinski definition) is 1. The second-order valence-corrected chi connectivity index (χ2v) is 3.67. The summed E-state index contributed by atoms with van der Waals surface area (Å²) in [5.74, 6) is -0.151. The minimum Gasteiger partial charge on any atom is -0.369 e. The zero-order valence-corrected chi connectivity index (χ0v) is 10.8. The summed E-state index contributed by atoms with van der Waals surface area (Å²) in [7, 11) is 0. The number of aryl methyl sites for hydroxylation is 1. The summed E-state index contributed by atoms with van der Waals surface area (Å²) >= 11 is 0. The second kappa shape index (κ2) is 6.94. The highest BCUT2D eigenvalue weighted by Crippen LogP contribution is 2.20. The molecule has 0 saturated carbocycles. The van der Waals surface area contributed by atoms with E-state index in [0.717, 1.165) is 37.4 Å². The molecule has 92 valence electrons. The van der Waals surface area contributed by atoms with Crippen molar-refractivity contribution in [2.24, 2.45) is 0 Å². The van der Waals surface area contributed by atoms with Crippen molar-refractivity contribution in [1.82, 2.24) is 5.32 Å².